The minimum atomic E-state index is -0.894. The summed E-state index contributed by atoms with van der Waals surface area (Å²) in [5.74, 6) is -0.894. The summed E-state index contributed by atoms with van der Waals surface area (Å²) < 4.78 is 4.90. The van der Waals surface area contributed by atoms with Crippen LogP contribution >= 0.6 is 0 Å². The van der Waals surface area contributed by atoms with Crippen LogP contribution in [0.2, 0.25) is 0 Å². The normalized spacial score (nSPS) is 14.5. The van der Waals surface area contributed by atoms with Crippen LogP contribution in [0.15, 0.2) is 22.5 Å². The number of aliphatic carboxylic acids is 1. The lowest BCUT2D eigenvalue weighted by Crippen LogP contribution is -2.15. The van der Waals surface area contributed by atoms with E-state index in [0.717, 1.165) is 11.3 Å². The van der Waals surface area contributed by atoms with E-state index < -0.39 is 5.97 Å². The molecule has 1 aromatic rings. The number of fused-ring (bicyclic) bond motifs is 1. The van der Waals surface area contributed by atoms with Gasteiger partial charge >= 0.3 is 5.97 Å². The number of hydrogen-bond acceptors (Lipinski definition) is 3. The van der Waals surface area contributed by atoms with E-state index in [1.807, 2.05) is 0 Å². The molecule has 2 N–H and O–H groups in total. The Balaban J connectivity index is 2.41. The predicted molar refractivity (Wildman–Crippen MR) is 42.8 cm³/mol. The number of rotatable bonds is 1. The maximum absolute atomic E-state index is 10.5. The van der Waals surface area contributed by atoms with Crippen molar-refractivity contribution in [2.45, 2.75) is 0 Å². The van der Waals surface area contributed by atoms with Gasteiger partial charge in [0.15, 0.2) is 0 Å². The fourth-order valence-corrected chi connectivity index (χ4v) is 1.13. The lowest BCUT2D eigenvalue weighted by molar-refractivity contribution is -0.132. The molecule has 0 atom stereocenters. The topological polar surface area (TPSA) is 62.5 Å². The van der Waals surface area contributed by atoms with Crippen molar-refractivity contribution in [3.63, 3.8) is 0 Å². The molecule has 0 aliphatic carbocycles. The SMILES string of the molecule is O=C(O)C1=Cc2cocc2NC1. The van der Waals surface area contributed by atoms with Gasteiger partial charge in [-0.15, -0.1) is 0 Å². The molecule has 1 aliphatic heterocycles. The zero-order chi connectivity index (χ0) is 8.55. The first-order valence-electron chi connectivity index (χ1n) is 3.51. The first-order valence-corrected chi connectivity index (χ1v) is 3.51. The summed E-state index contributed by atoms with van der Waals surface area (Å²) in [6, 6.07) is 0. The lowest BCUT2D eigenvalue weighted by Gasteiger charge is -2.10. The first-order chi connectivity index (χ1) is 5.77. The van der Waals surface area contributed by atoms with Crippen molar-refractivity contribution in [2.75, 3.05) is 11.9 Å². The zero-order valence-electron chi connectivity index (χ0n) is 6.20. The smallest absolute Gasteiger partial charge is 0.333 e. The van der Waals surface area contributed by atoms with Gasteiger partial charge in [0, 0.05) is 12.1 Å². The molecule has 1 aliphatic rings. The minimum Gasteiger partial charge on any atom is -0.478 e. The van der Waals surface area contributed by atoms with Gasteiger partial charge < -0.3 is 14.8 Å². The van der Waals surface area contributed by atoms with Crippen LogP contribution in [0, 0.1) is 0 Å². The second-order valence-corrected chi connectivity index (χ2v) is 2.57. The standard InChI is InChI=1S/C8H7NO3/c10-8(11)5-1-6-3-12-4-7(6)9-2-5/h1,3-4,9H,2H2,(H,10,11). The molecule has 0 unspecified atom stereocenters. The Hall–Kier alpha value is -1.71. The molecule has 0 amide bonds. The van der Waals surface area contributed by atoms with Gasteiger partial charge in [-0.25, -0.2) is 4.79 Å². The average Bonchev–Trinajstić information content (AvgIpc) is 2.49. The van der Waals surface area contributed by atoms with E-state index in [2.05, 4.69) is 5.32 Å². The van der Waals surface area contributed by atoms with Crippen LogP contribution < -0.4 is 5.32 Å². The molecule has 0 saturated heterocycles. The molecule has 62 valence electrons. The third kappa shape index (κ3) is 0.972. The molecule has 2 heterocycles. The van der Waals surface area contributed by atoms with Crippen molar-refractivity contribution in [3.8, 4) is 0 Å². The molecule has 4 heteroatoms. The summed E-state index contributed by atoms with van der Waals surface area (Å²) in [5.41, 5.74) is 1.99. The van der Waals surface area contributed by atoms with E-state index in [1.54, 1.807) is 12.3 Å². The molecule has 4 nitrogen and oxygen atoms in total. The van der Waals surface area contributed by atoms with E-state index in [4.69, 9.17) is 9.52 Å². The molecule has 0 aromatic carbocycles. The van der Waals surface area contributed by atoms with Crippen molar-refractivity contribution in [1.29, 1.82) is 0 Å². The van der Waals surface area contributed by atoms with Crippen LogP contribution in [0.25, 0.3) is 6.08 Å². The number of furan rings is 1. The molecule has 0 radical (unpaired) electrons. The Morgan fingerprint density at radius 3 is 3.17 bits per heavy atom. The van der Waals surface area contributed by atoms with Crippen LogP contribution in [-0.2, 0) is 4.79 Å². The first kappa shape index (κ1) is 6.97. The summed E-state index contributed by atoms with van der Waals surface area (Å²) in [6.45, 7) is 0.349. The van der Waals surface area contributed by atoms with Crippen LogP contribution in [0.3, 0.4) is 0 Å². The van der Waals surface area contributed by atoms with Gasteiger partial charge in [-0.2, -0.15) is 0 Å². The van der Waals surface area contributed by atoms with E-state index in [9.17, 15) is 4.79 Å². The summed E-state index contributed by atoms with van der Waals surface area (Å²) in [4.78, 5) is 10.5. The minimum absolute atomic E-state index is 0.349. The van der Waals surface area contributed by atoms with Crippen molar-refractivity contribution >= 4 is 17.7 Å². The monoisotopic (exact) mass is 165 g/mol. The summed E-state index contributed by atoms with van der Waals surface area (Å²) >= 11 is 0. The Morgan fingerprint density at radius 1 is 1.58 bits per heavy atom. The van der Waals surface area contributed by atoms with Gasteiger partial charge in [0.1, 0.15) is 6.26 Å². The second-order valence-electron chi connectivity index (χ2n) is 2.57. The third-order valence-corrected chi connectivity index (χ3v) is 1.77. The molecule has 12 heavy (non-hydrogen) atoms. The largest absolute Gasteiger partial charge is 0.478 e. The number of nitrogens with one attached hydrogen (secondary N) is 1. The van der Waals surface area contributed by atoms with Crippen LogP contribution in [0.5, 0.6) is 0 Å². The number of carboxylic acids is 1. The third-order valence-electron chi connectivity index (χ3n) is 1.77. The zero-order valence-corrected chi connectivity index (χ0v) is 6.20. The van der Waals surface area contributed by atoms with Crippen molar-refractivity contribution in [1.82, 2.24) is 0 Å². The lowest BCUT2D eigenvalue weighted by atomic mass is 10.1. The Morgan fingerprint density at radius 2 is 2.42 bits per heavy atom. The van der Waals surface area contributed by atoms with E-state index in [-0.39, 0.29) is 0 Å². The predicted octanol–water partition coefficient (Wildman–Crippen LogP) is 1.17. The highest BCUT2D eigenvalue weighted by atomic mass is 16.4. The number of carboxylic acid groups (broad SMARTS) is 1. The fourth-order valence-electron chi connectivity index (χ4n) is 1.13. The van der Waals surface area contributed by atoms with E-state index >= 15 is 0 Å². The van der Waals surface area contributed by atoms with Crippen molar-refractivity contribution in [3.05, 3.63) is 23.7 Å². The number of carbonyl (C=O) groups is 1. The van der Waals surface area contributed by atoms with Crippen LogP contribution in [0.1, 0.15) is 5.56 Å². The Bertz CT molecular complexity index is 351. The maximum Gasteiger partial charge on any atom is 0.333 e. The van der Waals surface area contributed by atoms with Gasteiger partial charge in [0.05, 0.1) is 17.5 Å². The average molecular weight is 165 g/mol. The molecule has 0 bridgehead atoms. The number of hydrogen-bond donors (Lipinski definition) is 2. The van der Waals surface area contributed by atoms with Crippen molar-refractivity contribution < 1.29 is 14.3 Å². The van der Waals surface area contributed by atoms with E-state index in [0.29, 0.717) is 12.1 Å². The van der Waals surface area contributed by atoms with Crippen LogP contribution in [-0.4, -0.2) is 17.6 Å². The summed E-state index contributed by atoms with van der Waals surface area (Å²) in [5, 5.41) is 11.6. The quantitative estimate of drug-likeness (QED) is 0.655. The van der Waals surface area contributed by atoms with E-state index in [1.165, 1.54) is 6.26 Å². The van der Waals surface area contributed by atoms with Gasteiger partial charge in [-0.3, -0.25) is 0 Å². The molecule has 0 spiro atoms. The highest BCUT2D eigenvalue weighted by Gasteiger charge is 2.15. The molecular formula is C8H7NO3. The highest BCUT2D eigenvalue weighted by molar-refractivity contribution is 5.95. The summed E-state index contributed by atoms with van der Waals surface area (Å²) in [6.07, 6.45) is 4.69. The fraction of sp³-hybridized carbons (Fsp3) is 0.125. The molecule has 1 aromatic heterocycles. The van der Waals surface area contributed by atoms with Gasteiger partial charge in [-0.1, -0.05) is 0 Å². The maximum atomic E-state index is 10.5. The Kier molecular flexibility index (Phi) is 1.40. The molecule has 2 rings (SSSR count). The van der Waals surface area contributed by atoms with Gasteiger partial charge in [-0.05, 0) is 6.08 Å². The van der Waals surface area contributed by atoms with Crippen molar-refractivity contribution in [2.24, 2.45) is 0 Å². The molecule has 0 saturated carbocycles. The molecule has 0 fully saturated rings. The van der Waals surface area contributed by atoms with Crippen LogP contribution in [0.4, 0.5) is 5.69 Å². The van der Waals surface area contributed by atoms with Gasteiger partial charge in [0.25, 0.3) is 0 Å². The number of anilines is 1. The summed E-state index contributed by atoms with van der Waals surface area (Å²) in [7, 11) is 0. The molecular weight excluding hydrogens is 158 g/mol. The second kappa shape index (κ2) is 2.41. The van der Waals surface area contributed by atoms with Gasteiger partial charge in [0.2, 0.25) is 0 Å². The highest BCUT2D eigenvalue weighted by Crippen LogP contribution is 2.24. The Labute approximate surface area is 68.5 Å².